The summed E-state index contributed by atoms with van der Waals surface area (Å²) in [5.41, 5.74) is 9.43. The monoisotopic (exact) mass is 418 g/mol. The van der Waals surface area contributed by atoms with Gasteiger partial charge in [0.1, 0.15) is 17.2 Å². The van der Waals surface area contributed by atoms with E-state index in [1.165, 1.54) is 4.68 Å². The van der Waals surface area contributed by atoms with Crippen LogP contribution in [0.4, 0.5) is 11.5 Å². The summed E-state index contributed by atoms with van der Waals surface area (Å²) in [6.07, 6.45) is 0. The second-order valence-corrected chi connectivity index (χ2v) is 7.05. The summed E-state index contributed by atoms with van der Waals surface area (Å²) >= 11 is 0. The van der Waals surface area contributed by atoms with Crippen molar-refractivity contribution in [1.29, 1.82) is 0 Å². The molecule has 158 valence electrons. The minimum Gasteiger partial charge on any atom is -0.497 e. The van der Waals surface area contributed by atoms with Crippen LogP contribution in [-0.4, -0.2) is 33.0 Å². The van der Waals surface area contributed by atoms with Crippen LogP contribution < -0.4 is 15.8 Å². The second kappa shape index (κ2) is 8.31. The van der Waals surface area contributed by atoms with Crippen LogP contribution in [0, 0.1) is 13.8 Å². The third kappa shape index (κ3) is 4.25. The fourth-order valence-corrected chi connectivity index (χ4v) is 3.03. The molecule has 0 fully saturated rings. The number of ether oxygens (including phenoxy) is 1. The number of carbonyl (C=O) groups is 1. The molecular formula is C22H22N6O3. The molecule has 0 aliphatic carbocycles. The van der Waals surface area contributed by atoms with Crippen LogP contribution in [-0.2, 0) is 6.54 Å². The summed E-state index contributed by atoms with van der Waals surface area (Å²) in [6.45, 7) is 4.07. The molecule has 2 aromatic carbocycles. The number of aryl methyl sites for hydroxylation is 2. The van der Waals surface area contributed by atoms with Crippen molar-refractivity contribution in [2.75, 3.05) is 18.2 Å². The van der Waals surface area contributed by atoms with Crippen LogP contribution in [0.25, 0.3) is 11.5 Å². The van der Waals surface area contributed by atoms with Crippen molar-refractivity contribution in [1.82, 2.24) is 20.0 Å². The summed E-state index contributed by atoms with van der Waals surface area (Å²) in [5.74, 6) is 1.46. The lowest BCUT2D eigenvalue weighted by molar-refractivity contribution is 0.102. The quantitative estimate of drug-likeness (QED) is 0.492. The number of hydrogen-bond donors (Lipinski definition) is 2. The Morgan fingerprint density at radius 3 is 2.71 bits per heavy atom. The van der Waals surface area contributed by atoms with Crippen LogP contribution >= 0.6 is 0 Å². The number of hydrogen-bond acceptors (Lipinski definition) is 7. The first kappa shape index (κ1) is 20.1. The van der Waals surface area contributed by atoms with Crippen LogP contribution in [0.5, 0.6) is 5.75 Å². The maximum atomic E-state index is 12.6. The van der Waals surface area contributed by atoms with Crippen molar-refractivity contribution in [3.05, 3.63) is 71.2 Å². The minimum atomic E-state index is -0.464. The number of carbonyl (C=O) groups excluding carboxylic acids is 1. The fourth-order valence-electron chi connectivity index (χ4n) is 3.03. The topological polar surface area (TPSA) is 121 Å². The van der Waals surface area contributed by atoms with Crippen molar-refractivity contribution in [3.63, 3.8) is 0 Å². The van der Waals surface area contributed by atoms with E-state index in [0.717, 1.165) is 11.1 Å². The predicted octanol–water partition coefficient (Wildman–Crippen LogP) is 3.44. The van der Waals surface area contributed by atoms with Gasteiger partial charge in [0.15, 0.2) is 11.5 Å². The number of nitrogens with one attached hydrogen (secondary N) is 1. The second-order valence-electron chi connectivity index (χ2n) is 7.05. The van der Waals surface area contributed by atoms with Crippen molar-refractivity contribution < 1.29 is 13.9 Å². The Balaban J connectivity index is 1.52. The van der Waals surface area contributed by atoms with Gasteiger partial charge in [0.2, 0.25) is 5.89 Å². The van der Waals surface area contributed by atoms with Gasteiger partial charge in [-0.1, -0.05) is 29.0 Å². The van der Waals surface area contributed by atoms with Gasteiger partial charge < -0.3 is 20.2 Å². The lowest BCUT2D eigenvalue weighted by atomic mass is 10.1. The van der Waals surface area contributed by atoms with Gasteiger partial charge in [0, 0.05) is 17.3 Å². The van der Waals surface area contributed by atoms with Crippen molar-refractivity contribution in [3.8, 4) is 17.2 Å². The van der Waals surface area contributed by atoms with E-state index in [0.29, 0.717) is 28.8 Å². The third-order valence-corrected chi connectivity index (χ3v) is 4.81. The Morgan fingerprint density at radius 1 is 1.19 bits per heavy atom. The maximum absolute atomic E-state index is 12.6. The van der Waals surface area contributed by atoms with E-state index in [9.17, 15) is 4.79 Å². The molecule has 3 N–H and O–H groups in total. The molecule has 9 nitrogen and oxygen atoms in total. The molecule has 9 heteroatoms. The van der Waals surface area contributed by atoms with Crippen LogP contribution in [0.3, 0.4) is 0 Å². The van der Waals surface area contributed by atoms with E-state index < -0.39 is 5.91 Å². The number of benzene rings is 2. The number of methoxy groups -OCH3 is 1. The van der Waals surface area contributed by atoms with Gasteiger partial charge in [-0.05, 0) is 38.1 Å². The predicted molar refractivity (Wildman–Crippen MR) is 116 cm³/mol. The zero-order valence-corrected chi connectivity index (χ0v) is 17.4. The van der Waals surface area contributed by atoms with Crippen molar-refractivity contribution in [2.24, 2.45) is 0 Å². The average molecular weight is 418 g/mol. The number of nitrogen functional groups attached to an aromatic ring is 1. The molecule has 4 aromatic rings. The van der Waals surface area contributed by atoms with Gasteiger partial charge in [0.25, 0.3) is 5.91 Å². The summed E-state index contributed by atoms with van der Waals surface area (Å²) in [5, 5.41) is 10.7. The minimum absolute atomic E-state index is 0.0303. The Bertz CT molecular complexity index is 1230. The molecule has 0 radical (unpaired) electrons. The summed E-state index contributed by atoms with van der Waals surface area (Å²) in [6, 6.07) is 14.9. The van der Waals surface area contributed by atoms with E-state index in [4.69, 9.17) is 14.9 Å². The highest BCUT2D eigenvalue weighted by Crippen LogP contribution is 2.23. The normalized spacial score (nSPS) is 10.8. The summed E-state index contributed by atoms with van der Waals surface area (Å²) in [7, 11) is 1.56. The van der Waals surface area contributed by atoms with Crippen molar-refractivity contribution >= 4 is 17.4 Å². The first-order valence-electron chi connectivity index (χ1n) is 9.62. The highest BCUT2D eigenvalue weighted by atomic mass is 16.5. The SMILES string of the molecule is COc1cccc(NC(=O)c2nnn(Cc3nc(-c4ccc(C)cc4)oc3C)c2N)c1. The van der Waals surface area contributed by atoms with Gasteiger partial charge in [-0.25, -0.2) is 9.67 Å². The summed E-state index contributed by atoms with van der Waals surface area (Å²) in [4.78, 5) is 17.2. The molecule has 1 amide bonds. The zero-order chi connectivity index (χ0) is 22.0. The first-order valence-corrected chi connectivity index (χ1v) is 9.62. The number of amides is 1. The highest BCUT2D eigenvalue weighted by molar-refractivity contribution is 6.05. The lowest BCUT2D eigenvalue weighted by Gasteiger charge is -2.06. The van der Waals surface area contributed by atoms with Gasteiger partial charge >= 0.3 is 0 Å². The van der Waals surface area contributed by atoms with E-state index in [-0.39, 0.29) is 18.1 Å². The Hall–Kier alpha value is -4.14. The molecule has 0 aliphatic heterocycles. The molecule has 0 saturated carbocycles. The molecule has 0 bridgehead atoms. The van der Waals surface area contributed by atoms with Crippen LogP contribution in [0.2, 0.25) is 0 Å². The molecule has 4 rings (SSSR count). The number of anilines is 2. The first-order chi connectivity index (χ1) is 14.9. The Labute approximate surface area is 178 Å². The van der Waals surface area contributed by atoms with Crippen LogP contribution in [0.1, 0.15) is 27.5 Å². The van der Waals surface area contributed by atoms with E-state index >= 15 is 0 Å². The number of nitrogens with two attached hydrogens (primary N) is 1. The molecule has 2 aromatic heterocycles. The highest BCUT2D eigenvalue weighted by Gasteiger charge is 2.20. The van der Waals surface area contributed by atoms with Crippen molar-refractivity contribution in [2.45, 2.75) is 20.4 Å². The molecule has 0 spiro atoms. The molecule has 0 atom stereocenters. The molecule has 31 heavy (non-hydrogen) atoms. The smallest absolute Gasteiger partial charge is 0.280 e. The Morgan fingerprint density at radius 2 is 1.97 bits per heavy atom. The number of nitrogens with zero attached hydrogens (tertiary/aromatic N) is 4. The summed E-state index contributed by atoms with van der Waals surface area (Å²) < 4.78 is 12.4. The number of oxazole rings is 1. The molecular weight excluding hydrogens is 396 g/mol. The standard InChI is InChI=1S/C22H22N6O3/c1-13-7-9-15(10-8-13)22-25-18(14(2)31-22)12-28-20(23)19(26-27-28)21(29)24-16-5-4-6-17(11-16)30-3/h4-11H,12,23H2,1-3H3,(H,24,29). The zero-order valence-electron chi connectivity index (χ0n) is 17.4. The molecule has 0 unspecified atom stereocenters. The van der Waals surface area contributed by atoms with Gasteiger partial charge in [-0.15, -0.1) is 5.10 Å². The molecule has 2 heterocycles. The maximum Gasteiger partial charge on any atom is 0.280 e. The van der Waals surface area contributed by atoms with Gasteiger partial charge in [0.05, 0.1) is 13.7 Å². The average Bonchev–Trinajstić information content (AvgIpc) is 3.31. The van der Waals surface area contributed by atoms with E-state index in [1.54, 1.807) is 31.4 Å². The largest absolute Gasteiger partial charge is 0.497 e. The number of aromatic nitrogens is 4. The third-order valence-electron chi connectivity index (χ3n) is 4.81. The van der Waals surface area contributed by atoms with E-state index in [1.807, 2.05) is 38.1 Å². The van der Waals surface area contributed by atoms with Gasteiger partial charge in [-0.3, -0.25) is 4.79 Å². The lowest BCUT2D eigenvalue weighted by Crippen LogP contribution is -2.15. The molecule has 0 aliphatic rings. The van der Waals surface area contributed by atoms with Crippen LogP contribution in [0.15, 0.2) is 52.9 Å². The van der Waals surface area contributed by atoms with Gasteiger partial charge in [-0.2, -0.15) is 0 Å². The van der Waals surface area contributed by atoms with E-state index in [2.05, 4.69) is 20.6 Å². The fraction of sp³-hybridized carbons (Fsp3) is 0.182. The molecule has 0 saturated heterocycles. The Kier molecular flexibility index (Phi) is 5.40. The number of rotatable bonds is 6.